The molecule has 1 N–H and O–H groups in total. The van der Waals surface area contributed by atoms with Crippen LogP contribution in [0.3, 0.4) is 0 Å². The lowest BCUT2D eigenvalue weighted by atomic mass is 9.97. The second-order valence-electron chi connectivity index (χ2n) is 8.98. The minimum Gasteiger partial charge on any atom is -0.497 e. The van der Waals surface area contributed by atoms with E-state index in [1.54, 1.807) is 37.4 Å². The average Bonchev–Trinajstić information content (AvgIpc) is 3.39. The van der Waals surface area contributed by atoms with Crippen LogP contribution in [0.4, 0.5) is 5.69 Å². The van der Waals surface area contributed by atoms with Crippen molar-refractivity contribution in [3.8, 4) is 28.6 Å². The molecule has 0 aliphatic carbocycles. The molecule has 1 amide bonds. The zero-order valence-corrected chi connectivity index (χ0v) is 22.2. The molecule has 4 aromatic rings. The molecule has 3 aromatic carbocycles. The van der Waals surface area contributed by atoms with Crippen LogP contribution in [0, 0.1) is 5.92 Å². The highest BCUT2D eigenvalue weighted by Gasteiger charge is 2.28. The number of halogens is 2. The molecule has 0 bridgehead atoms. The van der Waals surface area contributed by atoms with E-state index in [1.165, 1.54) is 0 Å². The zero-order valence-electron chi connectivity index (χ0n) is 20.7. The van der Waals surface area contributed by atoms with Crippen molar-refractivity contribution < 1.29 is 18.8 Å². The maximum Gasteiger partial charge on any atom is 0.241 e. The maximum absolute atomic E-state index is 13.3. The SMILES string of the molecule is COc1cccc(Oc2ccc(Cl)cc2NC(=O)C2CCCN(Cc3nc(-c4ccccc4Cl)no3)C2)c1. The van der Waals surface area contributed by atoms with Crippen molar-refractivity contribution >= 4 is 34.8 Å². The second kappa shape index (κ2) is 11.9. The number of ether oxygens (including phenoxy) is 2. The van der Waals surface area contributed by atoms with Gasteiger partial charge in [0.05, 0.1) is 30.3 Å². The van der Waals surface area contributed by atoms with E-state index in [1.807, 2.05) is 36.4 Å². The fourth-order valence-electron chi connectivity index (χ4n) is 4.39. The summed E-state index contributed by atoms with van der Waals surface area (Å²) in [6.45, 7) is 1.83. The standard InChI is InChI=1S/C28H26Cl2N4O4/c1-36-20-7-4-8-21(15-20)37-25-12-11-19(29)14-24(25)31-28(35)18-6-5-13-34(16-18)17-26-32-27(33-38-26)22-9-2-3-10-23(22)30/h2-4,7-12,14-15,18H,5-6,13,16-17H2,1H3,(H,31,35). The molecule has 1 unspecified atom stereocenters. The van der Waals surface area contributed by atoms with E-state index in [0.29, 0.717) is 63.3 Å². The number of amides is 1. The average molecular weight is 553 g/mol. The van der Waals surface area contributed by atoms with Crippen LogP contribution in [0.25, 0.3) is 11.4 Å². The van der Waals surface area contributed by atoms with Crippen LogP contribution in [0.15, 0.2) is 71.3 Å². The molecular formula is C28H26Cl2N4O4. The van der Waals surface area contributed by atoms with Gasteiger partial charge in [0.15, 0.2) is 5.75 Å². The van der Waals surface area contributed by atoms with Crippen molar-refractivity contribution in [2.24, 2.45) is 5.92 Å². The topological polar surface area (TPSA) is 89.7 Å². The van der Waals surface area contributed by atoms with E-state index in [4.69, 9.17) is 37.2 Å². The first kappa shape index (κ1) is 26.0. The van der Waals surface area contributed by atoms with Gasteiger partial charge in [-0.1, -0.05) is 46.6 Å². The molecule has 1 aliphatic rings. The molecular weight excluding hydrogens is 527 g/mol. The third-order valence-electron chi connectivity index (χ3n) is 6.29. The molecule has 5 rings (SSSR count). The van der Waals surface area contributed by atoms with Crippen LogP contribution in [-0.4, -0.2) is 41.1 Å². The Labute approximate surface area is 230 Å². The number of carbonyl (C=O) groups excluding carboxylic acids is 1. The lowest BCUT2D eigenvalue weighted by Gasteiger charge is -2.31. The van der Waals surface area contributed by atoms with E-state index in [2.05, 4.69) is 20.4 Å². The highest BCUT2D eigenvalue weighted by Crippen LogP contribution is 2.34. The molecule has 196 valence electrons. The molecule has 1 atom stereocenters. The molecule has 1 saturated heterocycles. The summed E-state index contributed by atoms with van der Waals surface area (Å²) >= 11 is 12.5. The zero-order chi connectivity index (χ0) is 26.5. The molecule has 1 fully saturated rings. The van der Waals surface area contributed by atoms with Gasteiger partial charge in [-0.25, -0.2) is 0 Å². The first-order valence-corrected chi connectivity index (χ1v) is 13.0. The van der Waals surface area contributed by atoms with Crippen LogP contribution < -0.4 is 14.8 Å². The number of hydrogen-bond donors (Lipinski definition) is 1. The van der Waals surface area contributed by atoms with Crippen LogP contribution in [0.1, 0.15) is 18.7 Å². The number of benzene rings is 3. The molecule has 2 heterocycles. The fourth-order valence-corrected chi connectivity index (χ4v) is 4.78. The van der Waals surface area contributed by atoms with Gasteiger partial charge in [-0.15, -0.1) is 0 Å². The van der Waals surface area contributed by atoms with Crippen LogP contribution in [0.2, 0.25) is 10.0 Å². The molecule has 38 heavy (non-hydrogen) atoms. The van der Waals surface area contributed by atoms with Gasteiger partial charge in [-0.2, -0.15) is 4.98 Å². The predicted molar refractivity (Wildman–Crippen MR) is 146 cm³/mol. The molecule has 0 spiro atoms. The summed E-state index contributed by atoms with van der Waals surface area (Å²) in [5.74, 6) is 2.34. The number of carbonyl (C=O) groups is 1. The molecule has 10 heteroatoms. The van der Waals surface area contributed by atoms with Gasteiger partial charge in [0.1, 0.15) is 11.5 Å². The highest BCUT2D eigenvalue weighted by atomic mass is 35.5. The first-order chi connectivity index (χ1) is 18.5. The quantitative estimate of drug-likeness (QED) is 0.260. The van der Waals surface area contributed by atoms with Crippen molar-refractivity contribution in [1.82, 2.24) is 15.0 Å². The number of piperidine rings is 1. The summed E-state index contributed by atoms with van der Waals surface area (Å²) in [4.78, 5) is 19.9. The third-order valence-corrected chi connectivity index (χ3v) is 6.85. The second-order valence-corrected chi connectivity index (χ2v) is 9.82. The number of likely N-dealkylation sites (tertiary alicyclic amines) is 1. The van der Waals surface area contributed by atoms with Crippen molar-refractivity contribution in [1.29, 1.82) is 0 Å². The summed E-state index contributed by atoms with van der Waals surface area (Å²) in [6, 6.07) is 19.7. The minimum absolute atomic E-state index is 0.102. The summed E-state index contributed by atoms with van der Waals surface area (Å²) in [5.41, 5.74) is 1.22. The Balaban J connectivity index is 1.24. The van der Waals surface area contributed by atoms with Gasteiger partial charge in [-0.3, -0.25) is 9.69 Å². The summed E-state index contributed by atoms with van der Waals surface area (Å²) in [6.07, 6.45) is 1.63. The largest absolute Gasteiger partial charge is 0.497 e. The summed E-state index contributed by atoms with van der Waals surface area (Å²) < 4.78 is 16.8. The molecule has 1 aromatic heterocycles. The van der Waals surface area contributed by atoms with Crippen molar-refractivity contribution in [3.05, 3.63) is 82.7 Å². The van der Waals surface area contributed by atoms with E-state index >= 15 is 0 Å². The maximum atomic E-state index is 13.3. The van der Waals surface area contributed by atoms with Gasteiger partial charge in [0, 0.05) is 23.2 Å². The Bertz CT molecular complexity index is 1430. The van der Waals surface area contributed by atoms with Crippen LogP contribution >= 0.6 is 23.2 Å². The van der Waals surface area contributed by atoms with Crippen LogP contribution in [-0.2, 0) is 11.3 Å². The Morgan fingerprint density at radius 3 is 2.79 bits per heavy atom. The van der Waals surface area contributed by atoms with Gasteiger partial charge < -0.3 is 19.3 Å². The normalized spacial score (nSPS) is 15.7. The smallest absolute Gasteiger partial charge is 0.241 e. The predicted octanol–water partition coefficient (Wildman–Crippen LogP) is 6.70. The van der Waals surface area contributed by atoms with Gasteiger partial charge >= 0.3 is 0 Å². The van der Waals surface area contributed by atoms with E-state index in [-0.39, 0.29) is 11.8 Å². The highest BCUT2D eigenvalue weighted by molar-refractivity contribution is 6.33. The molecule has 8 nitrogen and oxygen atoms in total. The summed E-state index contributed by atoms with van der Waals surface area (Å²) in [7, 11) is 1.59. The number of hydrogen-bond acceptors (Lipinski definition) is 7. The van der Waals surface area contributed by atoms with E-state index in [9.17, 15) is 4.79 Å². The number of aromatic nitrogens is 2. The van der Waals surface area contributed by atoms with E-state index in [0.717, 1.165) is 19.4 Å². The first-order valence-electron chi connectivity index (χ1n) is 12.2. The van der Waals surface area contributed by atoms with Gasteiger partial charge in [0.2, 0.25) is 17.6 Å². The van der Waals surface area contributed by atoms with Crippen molar-refractivity contribution in [2.45, 2.75) is 19.4 Å². The lowest BCUT2D eigenvalue weighted by Crippen LogP contribution is -2.40. The molecule has 0 saturated carbocycles. The van der Waals surface area contributed by atoms with E-state index < -0.39 is 0 Å². The Morgan fingerprint density at radius 1 is 1.11 bits per heavy atom. The Hall–Kier alpha value is -3.59. The minimum atomic E-state index is -0.224. The van der Waals surface area contributed by atoms with Crippen molar-refractivity contribution in [3.63, 3.8) is 0 Å². The number of rotatable bonds is 8. The van der Waals surface area contributed by atoms with Crippen molar-refractivity contribution in [2.75, 3.05) is 25.5 Å². The molecule has 0 radical (unpaired) electrons. The van der Waals surface area contributed by atoms with Crippen LogP contribution in [0.5, 0.6) is 17.2 Å². The monoisotopic (exact) mass is 552 g/mol. The Kier molecular flexibility index (Phi) is 8.12. The third kappa shape index (κ3) is 6.27. The number of nitrogens with zero attached hydrogens (tertiary/aromatic N) is 3. The number of anilines is 1. The lowest BCUT2D eigenvalue weighted by molar-refractivity contribution is -0.121. The number of nitrogens with one attached hydrogen (secondary N) is 1. The molecule has 1 aliphatic heterocycles. The summed E-state index contributed by atoms with van der Waals surface area (Å²) in [5, 5.41) is 8.14. The number of methoxy groups -OCH3 is 1. The Morgan fingerprint density at radius 2 is 1.95 bits per heavy atom. The van der Waals surface area contributed by atoms with Gasteiger partial charge in [0.25, 0.3) is 0 Å². The van der Waals surface area contributed by atoms with Gasteiger partial charge in [-0.05, 0) is 61.9 Å². The fraction of sp³-hybridized carbons (Fsp3) is 0.250.